The first-order valence-electron chi connectivity index (χ1n) is 7.37. The Balaban J connectivity index is 2.49. The van der Waals surface area contributed by atoms with Gasteiger partial charge in [0.1, 0.15) is 5.82 Å². The highest BCUT2D eigenvalue weighted by molar-refractivity contribution is 7.89. The molecule has 2 N–H and O–H groups in total. The molecule has 1 aromatic rings. The van der Waals surface area contributed by atoms with E-state index in [1.54, 1.807) is 0 Å². The molecule has 21 heavy (non-hydrogen) atoms. The number of nitrogens with zero attached hydrogens (tertiary/aromatic N) is 1. The second-order valence-corrected chi connectivity index (χ2v) is 6.43. The van der Waals surface area contributed by atoms with Crippen LogP contribution in [-0.4, -0.2) is 39.7 Å². The number of ether oxygens (including phenoxy) is 1. The van der Waals surface area contributed by atoms with Gasteiger partial charge in [-0.15, -0.1) is 0 Å². The summed E-state index contributed by atoms with van der Waals surface area (Å²) in [5, 5.41) is 3.07. The number of anilines is 1. The van der Waals surface area contributed by atoms with Crippen LogP contribution in [0.2, 0.25) is 0 Å². The largest absolute Gasteiger partial charge is 0.380 e. The van der Waals surface area contributed by atoms with Gasteiger partial charge in [0.05, 0.1) is 11.5 Å². The summed E-state index contributed by atoms with van der Waals surface area (Å²) in [6, 6.07) is 3.02. The Morgan fingerprint density at radius 1 is 1.19 bits per heavy atom. The van der Waals surface area contributed by atoms with Gasteiger partial charge in [-0.25, -0.2) is 18.1 Å². The molecule has 0 spiro atoms. The Bertz CT molecular complexity index is 506. The zero-order valence-corrected chi connectivity index (χ0v) is 13.6. The second-order valence-electron chi connectivity index (χ2n) is 4.67. The molecule has 120 valence electrons. The van der Waals surface area contributed by atoms with Crippen LogP contribution in [0.1, 0.15) is 33.1 Å². The lowest BCUT2D eigenvalue weighted by Gasteiger charge is -2.09. The van der Waals surface area contributed by atoms with Crippen molar-refractivity contribution in [2.75, 3.05) is 31.6 Å². The van der Waals surface area contributed by atoms with Crippen molar-refractivity contribution >= 4 is 15.8 Å². The summed E-state index contributed by atoms with van der Waals surface area (Å²) in [6.45, 7) is 6.19. The van der Waals surface area contributed by atoms with E-state index in [-0.39, 0.29) is 11.4 Å². The quantitative estimate of drug-likeness (QED) is 0.611. The normalized spacial score (nSPS) is 11.5. The summed E-state index contributed by atoms with van der Waals surface area (Å²) in [6.07, 6.45) is 4.50. The molecule has 0 aromatic carbocycles. The van der Waals surface area contributed by atoms with Gasteiger partial charge in [0.2, 0.25) is 10.0 Å². The van der Waals surface area contributed by atoms with Gasteiger partial charge >= 0.3 is 0 Å². The van der Waals surface area contributed by atoms with E-state index in [4.69, 9.17) is 4.74 Å². The van der Waals surface area contributed by atoms with Crippen molar-refractivity contribution in [2.45, 2.75) is 38.0 Å². The number of hydrogen-bond acceptors (Lipinski definition) is 5. The van der Waals surface area contributed by atoms with Gasteiger partial charge in [0.15, 0.2) is 0 Å². The predicted molar refractivity (Wildman–Crippen MR) is 83.9 cm³/mol. The van der Waals surface area contributed by atoms with Crippen molar-refractivity contribution in [2.24, 2.45) is 0 Å². The van der Waals surface area contributed by atoms with Crippen molar-refractivity contribution in [3.05, 3.63) is 18.3 Å². The molecule has 0 amide bonds. The Kier molecular flexibility index (Phi) is 8.26. The number of sulfonamides is 1. The number of aromatic nitrogens is 1. The van der Waals surface area contributed by atoms with E-state index in [2.05, 4.69) is 21.9 Å². The van der Waals surface area contributed by atoms with Crippen LogP contribution in [-0.2, 0) is 14.8 Å². The fraction of sp³-hybridized carbons (Fsp3) is 0.643. The first-order chi connectivity index (χ1) is 10.1. The van der Waals surface area contributed by atoms with E-state index in [1.807, 2.05) is 6.92 Å². The maximum absolute atomic E-state index is 12.1. The Hall–Kier alpha value is -1.18. The molecule has 0 saturated carbocycles. The molecular weight excluding hydrogens is 290 g/mol. The average molecular weight is 315 g/mol. The molecule has 0 aliphatic heterocycles. The summed E-state index contributed by atoms with van der Waals surface area (Å²) in [5.41, 5.74) is 0. The van der Waals surface area contributed by atoms with Crippen LogP contribution in [0.4, 0.5) is 5.82 Å². The fourth-order valence-corrected chi connectivity index (χ4v) is 2.63. The molecule has 7 heteroatoms. The standard InChI is InChI=1S/C14H25N3O3S/c1-3-5-10-20-11-9-17-21(18,19)13-6-8-16-14(12-13)15-7-4-2/h6,8,12,17H,3-5,7,9-11H2,1-2H3,(H,15,16). The molecule has 0 unspecified atom stereocenters. The lowest BCUT2D eigenvalue weighted by atomic mass is 10.4. The van der Waals surface area contributed by atoms with Crippen LogP contribution in [0.15, 0.2) is 23.2 Å². The fourth-order valence-electron chi connectivity index (χ4n) is 1.61. The van der Waals surface area contributed by atoms with Crippen molar-refractivity contribution in [1.82, 2.24) is 9.71 Å². The number of nitrogens with one attached hydrogen (secondary N) is 2. The van der Waals surface area contributed by atoms with E-state index in [0.29, 0.717) is 19.0 Å². The molecule has 0 bridgehead atoms. The van der Waals surface area contributed by atoms with Crippen molar-refractivity contribution in [3.8, 4) is 0 Å². The smallest absolute Gasteiger partial charge is 0.240 e. The van der Waals surface area contributed by atoms with Crippen LogP contribution in [0, 0.1) is 0 Å². The van der Waals surface area contributed by atoms with Gasteiger partial charge in [-0.2, -0.15) is 0 Å². The monoisotopic (exact) mass is 315 g/mol. The summed E-state index contributed by atoms with van der Waals surface area (Å²) in [4.78, 5) is 4.31. The summed E-state index contributed by atoms with van der Waals surface area (Å²) in [7, 11) is -3.51. The van der Waals surface area contributed by atoms with Crippen molar-refractivity contribution < 1.29 is 13.2 Å². The van der Waals surface area contributed by atoms with Gasteiger partial charge in [0.25, 0.3) is 0 Å². The number of hydrogen-bond donors (Lipinski definition) is 2. The van der Waals surface area contributed by atoms with E-state index >= 15 is 0 Å². The summed E-state index contributed by atoms with van der Waals surface area (Å²) < 4.78 is 32.1. The molecule has 1 heterocycles. The van der Waals surface area contributed by atoms with Crippen LogP contribution in [0.5, 0.6) is 0 Å². The highest BCUT2D eigenvalue weighted by Crippen LogP contribution is 2.12. The predicted octanol–water partition coefficient (Wildman–Crippen LogP) is 2.00. The number of rotatable bonds is 11. The zero-order chi connectivity index (χ0) is 15.6. The lowest BCUT2D eigenvalue weighted by molar-refractivity contribution is 0.136. The third-order valence-corrected chi connectivity index (χ3v) is 4.24. The van der Waals surface area contributed by atoms with Crippen LogP contribution >= 0.6 is 0 Å². The molecular formula is C14H25N3O3S. The van der Waals surface area contributed by atoms with Gasteiger partial charge < -0.3 is 10.1 Å². The molecule has 0 aliphatic rings. The first kappa shape index (κ1) is 17.9. The van der Waals surface area contributed by atoms with E-state index in [9.17, 15) is 8.42 Å². The van der Waals surface area contributed by atoms with Gasteiger partial charge in [-0.3, -0.25) is 0 Å². The molecule has 0 atom stereocenters. The van der Waals surface area contributed by atoms with Crippen LogP contribution in [0.3, 0.4) is 0 Å². The average Bonchev–Trinajstić information content (AvgIpc) is 2.49. The summed E-state index contributed by atoms with van der Waals surface area (Å²) >= 11 is 0. The molecule has 1 rings (SSSR count). The van der Waals surface area contributed by atoms with E-state index in [1.165, 1.54) is 18.3 Å². The Labute approximate surface area is 127 Å². The maximum Gasteiger partial charge on any atom is 0.240 e. The number of unbranched alkanes of at least 4 members (excludes halogenated alkanes) is 1. The lowest BCUT2D eigenvalue weighted by Crippen LogP contribution is -2.27. The third-order valence-electron chi connectivity index (χ3n) is 2.78. The minimum atomic E-state index is -3.51. The Morgan fingerprint density at radius 3 is 2.71 bits per heavy atom. The maximum atomic E-state index is 12.1. The van der Waals surface area contributed by atoms with E-state index < -0.39 is 10.0 Å². The first-order valence-corrected chi connectivity index (χ1v) is 8.85. The minimum Gasteiger partial charge on any atom is -0.380 e. The topological polar surface area (TPSA) is 80.3 Å². The molecule has 1 aromatic heterocycles. The SMILES string of the molecule is CCCCOCCNS(=O)(=O)c1ccnc(NCCC)c1. The van der Waals surface area contributed by atoms with E-state index in [0.717, 1.165) is 25.8 Å². The molecule has 0 aliphatic carbocycles. The van der Waals surface area contributed by atoms with Gasteiger partial charge in [-0.05, 0) is 18.9 Å². The highest BCUT2D eigenvalue weighted by Gasteiger charge is 2.14. The van der Waals surface area contributed by atoms with Crippen molar-refractivity contribution in [1.29, 1.82) is 0 Å². The third kappa shape index (κ3) is 6.88. The molecule has 0 radical (unpaired) electrons. The Morgan fingerprint density at radius 2 is 2.00 bits per heavy atom. The van der Waals surface area contributed by atoms with Crippen LogP contribution in [0.25, 0.3) is 0 Å². The molecule has 0 saturated heterocycles. The zero-order valence-electron chi connectivity index (χ0n) is 12.8. The van der Waals surface area contributed by atoms with Crippen molar-refractivity contribution in [3.63, 3.8) is 0 Å². The van der Waals surface area contributed by atoms with Gasteiger partial charge in [-0.1, -0.05) is 20.3 Å². The highest BCUT2D eigenvalue weighted by atomic mass is 32.2. The molecule has 6 nitrogen and oxygen atoms in total. The summed E-state index contributed by atoms with van der Waals surface area (Å²) in [5.74, 6) is 0.568. The number of pyridine rings is 1. The second kappa shape index (κ2) is 9.70. The molecule has 0 fully saturated rings. The minimum absolute atomic E-state index is 0.213. The van der Waals surface area contributed by atoms with Gasteiger partial charge in [0, 0.05) is 32.0 Å². The van der Waals surface area contributed by atoms with Crippen LogP contribution < -0.4 is 10.0 Å².